The first-order valence-corrected chi connectivity index (χ1v) is 10.4. The molecule has 1 aliphatic heterocycles. The number of anilines is 2. The number of rotatable bonds is 8. The second-order valence-corrected chi connectivity index (χ2v) is 8.31. The van der Waals surface area contributed by atoms with Gasteiger partial charge in [-0.2, -0.15) is 0 Å². The third-order valence-electron chi connectivity index (χ3n) is 4.24. The average molecular weight is 369 g/mol. The topological polar surface area (TPSA) is 81.7 Å². The van der Waals surface area contributed by atoms with Crippen molar-refractivity contribution in [2.45, 2.75) is 19.8 Å². The van der Waals surface area contributed by atoms with E-state index in [4.69, 9.17) is 0 Å². The molecule has 2 N–H and O–H groups in total. The minimum absolute atomic E-state index is 0.0521. The van der Waals surface area contributed by atoms with Crippen LogP contribution in [-0.4, -0.2) is 64.7 Å². The Morgan fingerprint density at radius 1 is 1.12 bits per heavy atom. The number of sulfonamides is 1. The van der Waals surface area contributed by atoms with Crippen LogP contribution in [-0.2, 0) is 14.8 Å². The number of hydrogen-bond acceptors (Lipinski definition) is 5. The lowest BCUT2D eigenvalue weighted by molar-refractivity contribution is -0.115. The molecule has 1 aromatic rings. The first-order chi connectivity index (χ1) is 11.9. The van der Waals surface area contributed by atoms with E-state index in [-0.39, 0.29) is 18.2 Å². The molecule has 0 aromatic heterocycles. The van der Waals surface area contributed by atoms with Crippen LogP contribution in [0.3, 0.4) is 0 Å². The lowest BCUT2D eigenvalue weighted by Gasteiger charge is -2.34. The van der Waals surface area contributed by atoms with Gasteiger partial charge in [-0.05, 0) is 37.7 Å². The molecule has 0 aliphatic carbocycles. The highest BCUT2D eigenvalue weighted by molar-refractivity contribution is 7.89. The van der Waals surface area contributed by atoms with Crippen LogP contribution >= 0.6 is 0 Å². The van der Waals surface area contributed by atoms with Gasteiger partial charge in [-0.25, -0.2) is 13.1 Å². The predicted molar refractivity (Wildman–Crippen MR) is 101 cm³/mol. The highest BCUT2D eigenvalue weighted by Gasteiger charge is 2.15. The van der Waals surface area contributed by atoms with Crippen LogP contribution in [0.2, 0.25) is 0 Å². The van der Waals surface area contributed by atoms with Gasteiger partial charge in [-0.15, -0.1) is 0 Å². The van der Waals surface area contributed by atoms with Gasteiger partial charge in [0, 0.05) is 37.6 Å². The minimum atomic E-state index is -3.38. The van der Waals surface area contributed by atoms with E-state index in [9.17, 15) is 13.2 Å². The Kier molecular flexibility index (Phi) is 7.22. The van der Waals surface area contributed by atoms with E-state index in [1.165, 1.54) is 0 Å². The molecular weight excluding hydrogens is 340 g/mol. The number of unbranched alkanes of at least 4 members (excludes halogenated alkanes) is 1. The van der Waals surface area contributed by atoms with Crippen molar-refractivity contribution in [2.24, 2.45) is 0 Å². The zero-order valence-electron chi connectivity index (χ0n) is 15.0. The van der Waals surface area contributed by atoms with Crippen molar-refractivity contribution in [1.29, 1.82) is 0 Å². The van der Waals surface area contributed by atoms with E-state index in [0.717, 1.165) is 38.3 Å². The summed E-state index contributed by atoms with van der Waals surface area (Å²) in [5.41, 5.74) is 1.79. The maximum absolute atomic E-state index is 11.9. The molecule has 8 heteroatoms. The molecule has 2 rings (SSSR count). The predicted octanol–water partition coefficient (Wildman–Crippen LogP) is 1.10. The number of carbonyl (C=O) groups excluding carboxylic acids is 1. The lowest BCUT2D eigenvalue weighted by Crippen LogP contribution is -2.44. The fourth-order valence-corrected chi connectivity index (χ4v) is 3.77. The summed E-state index contributed by atoms with van der Waals surface area (Å²) in [6.07, 6.45) is 1.39. The van der Waals surface area contributed by atoms with Crippen LogP contribution in [0.15, 0.2) is 24.3 Å². The second kappa shape index (κ2) is 9.17. The third kappa shape index (κ3) is 6.64. The molecule has 0 bridgehead atoms. The zero-order chi connectivity index (χ0) is 18.3. The van der Waals surface area contributed by atoms with Crippen molar-refractivity contribution < 1.29 is 13.2 Å². The van der Waals surface area contributed by atoms with Gasteiger partial charge in [0.15, 0.2) is 0 Å². The van der Waals surface area contributed by atoms with Crippen LogP contribution in [0.5, 0.6) is 0 Å². The summed E-state index contributed by atoms with van der Waals surface area (Å²) < 4.78 is 25.7. The van der Waals surface area contributed by atoms with Gasteiger partial charge >= 0.3 is 0 Å². The van der Waals surface area contributed by atoms with Gasteiger partial charge in [0.25, 0.3) is 0 Å². The van der Waals surface area contributed by atoms with Crippen molar-refractivity contribution in [2.75, 3.05) is 55.7 Å². The van der Waals surface area contributed by atoms with Gasteiger partial charge in [0.2, 0.25) is 15.9 Å². The van der Waals surface area contributed by atoms with Gasteiger partial charge in [0.05, 0.1) is 12.3 Å². The quantitative estimate of drug-likeness (QED) is 0.718. The Morgan fingerprint density at radius 3 is 2.36 bits per heavy atom. The molecular formula is C17H28N4O3S. The first-order valence-electron chi connectivity index (χ1n) is 8.70. The Bertz CT molecular complexity index is 653. The van der Waals surface area contributed by atoms with E-state index in [1.54, 1.807) is 0 Å². The Morgan fingerprint density at radius 2 is 1.76 bits per heavy atom. The summed E-state index contributed by atoms with van der Waals surface area (Å²) in [6.45, 7) is 5.73. The van der Waals surface area contributed by atoms with Gasteiger partial charge < -0.3 is 15.1 Å². The molecule has 0 atom stereocenters. The van der Waals surface area contributed by atoms with Crippen molar-refractivity contribution in [1.82, 2.24) is 9.62 Å². The summed E-state index contributed by atoms with van der Waals surface area (Å²) >= 11 is 0. The van der Waals surface area contributed by atoms with Crippen molar-refractivity contribution in [3.63, 3.8) is 0 Å². The molecule has 0 radical (unpaired) electrons. The number of carbonyl (C=O) groups is 1. The van der Waals surface area contributed by atoms with Gasteiger partial charge in [-0.1, -0.05) is 13.3 Å². The summed E-state index contributed by atoms with van der Waals surface area (Å²) in [6, 6.07) is 7.65. The Hall–Kier alpha value is -1.64. The van der Waals surface area contributed by atoms with Crippen molar-refractivity contribution in [3.8, 4) is 0 Å². The molecule has 25 heavy (non-hydrogen) atoms. The monoisotopic (exact) mass is 368 g/mol. The minimum Gasteiger partial charge on any atom is -0.369 e. The standard InChI is InChI=1S/C17H28N4O3S/c1-3-4-13-25(23,24)18-14-17(22)19-15-5-7-16(8-6-15)21-11-9-20(2)10-12-21/h5-8,18H,3-4,9-14H2,1-2H3,(H,19,22). The third-order valence-corrected chi connectivity index (χ3v) is 5.65. The van der Waals surface area contributed by atoms with E-state index in [2.05, 4.69) is 26.9 Å². The molecule has 7 nitrogen and oxygen atoms in total. The smallest absolute Gasteiger partial charge is 0.239 e. The van der Waals surface area contributed by atoms with E-state index >= 15 is 0 Å². The molecule has 1 amide bonds. The number of nitrogens with one attached hydrogen (secondary N) is 2. The molecule has 1 aromatic carbocycles. The van der Waals surface area contributed by atoms with Crippen LogP contribution in [0, 0.1) is 0 Å². The van der Waals surface area contributed by atoms with Crippen LogP contribution < -0.4 is 14.9 Å². The maximum atomic E-state index is 11.9. The molecule has 1 fully saturated rings. The summed E-state index contributed by atoms with van der Waals surface area (Å²) in [5, 5.41) is 2.72. The highest BCUT2D eigenvalue weighted by atomic mass is 32.2. The molecule has 1 saturated heterocycles. The largest absolute Gasteiger partial charge is 0.369 e. The summed E-state index contributed by atoms with van der Waals surface area (Å²) in [7, 11) is -1.26. The van der Waals surface area contributed by atoms with E-state index < -0.39 is 10.0 Å². The normalized spacial score (nSPS) is 16.0. The number of benzene rings is 1. The van der Waals surface area contributed by atoms with Gasteiger partial charge in [0.1, 0.15) is 0 Å². The van der Waals surface area contributed by atoms with Gasteiger partial charge in [-0.3, -0.25) is 4.79 Å². The molecule has 0 spiro atoms. The van der Waals surface area contributed by atoms with E-state index in [1.807, 2.05) is 31.2 Å². The van der Waals surface area contributed by atoms with Crippen LogP contribution in [0.25, 0.3) is 0 Å². The van der Waals surface area contributed by atoms with Crippen LogP contribution in [0.4, 0.5) is 11.4 Å². The summed E-state index contributed by atoms with van der Waals surface area (Å²) in [4.78, 5) is 16.5. The molecule has 1 heterocycles. The number of amides is 1. The highest BCUT2D eigenvalue weighted by Crippen LogP contribution is 2.19. The molecule has 0 unspecified atom stereocenters. The first kappa shape index (κ1) is 19.7. The van der Waals surface area contributed by atoms with Crippen molar-refractivity contribution >= 4 is 27.3 Å². The fourth-order valence-electron chi connectivity index (χ4n) is 2.61. The number of nitrogens with zero attached hydrogens (tertiary/aromatic N) is 2. The summed E-state index contributed by atoms with van der Waals surface area (Å²) in [5.74, 6) is -0.316. The SMILES string of the molecule is CCCCS(=O)(=O)NCC(=O)Nc1ccc(N2CCN(C)CC2)cc1. The van der Waals surface area contributed by atoms with Crippen molar-refractivity contribution in [3.05, 3.63) is 24.3 Å². The zero-order valence-corrected chi connectivity index (χ0v) is 15.8. The second-order valence-electron chi connectivity index (χ2n) is 6.38. The average Bonchev–Trinajstić information content (AvgIpc) is 2.60. The molecule has 0 saturated carbocycles. The Balaban J connectivity index is 1.81. The number of piperazine rings is 1. The lowest BCUT2D eigenvalue weighted by atomic mass is 10.2. The number of likely N-dealkylation sites (N-methyl/N-ethyl adjacent to an activating group) is 1. The molecule has 1 aliphatic rings. The number of hydrogen-bond donors (Lipinski definition) is 2. The maximum Gasteiger partial charge on any atom is 0.239 e. The molecule has 140 valence electrons. The fraction of sp³-hybridized carbons (Fsp3) is 0.588. The van der Waals surface area contributed by atoms with Crippen LogP contribution in [0.1, 0.15) is 19.8 Å². The van der Waals surface area contributed by atoms with E-state index in [0.29, 0.717) is 12.1 Å². The Labute approximate surface area is 150 Å².